The van der Waals surface area contributed by atoms with Crippen LogP contribution in [-0.2, 0) is 22.7 Å². The monoisotopic (exact) mass is 412 g/mol. The SMILES string of the molecule is CC1CCC2C(C)(C)C2(Oc2cn(CC(=O)OCc3ccccc3)c(=O)[nH]c2=O)C1. The first-order chi connectivity index (χ1) is 14.2. The molecule has 0 aliphatic heterocycles. The largest absolute Gasteiger partial charge is 0.479 e. The minimum Gasteiger partial charge on any atom is -0.479 e. The van der Waals surface area contributed by atoms with Crippen LogP contribution in [0.3, 0.4) is 0 Å². The molecule has 1 heterocycles. The fourth-order valence-electron chi connectivity index (χ4n) is 5.04. The lowest BCUT2D eigenvalue weighted by Gasteiger charge is -2.28. The summed E-state index contributed by atoms with van der Waals surface area (Å²) in [7, 11) is 0. The third-order valence-corrected chi connectivity index (χ3v) is 6.85. The van der Waals surface area contributed by atoms with Gasteiger partial charge in [0, 0.05) is 11.3 Å². The topological polar surface area (TPSA) is 90.4 Å². The summed E-state index contributed by atoms with van der Waals surface area (Å²) in [5.41, 5.74) is -0.794. The van der Waals surface area contributed by atoms with Crippen LogP contribution in [0.1, 0.15) is 45.6 Å². The molecule has 7 heteroatoms. The normalized spacial score (nSPS) is 26.5. The Kier molecular flexibility index (Phi) is 5.08. The average Bonchev–Trinajstić information content (AvgIpc) is 3.18. The third kappa shape index (κ3) is 3.57. The summed E-state index contributed by atoms with van der Waals surface area (Å²) in [5, 5.41) is 0. The van der Waals surface area contributed by atoms with Crippen LogP contribution < -0.4 is 16.0 Å². The zero-order chi connectivity index (χ0) is 21.5. The molecule has 2 fully saturated rings. The number of carbonyl (C=O) groups is 1. The molecule has 30 heavy (non-hydrogen) atoms. The molecule has 0 radical (unpaired) electrons. The molecule has 2 aliphatic carbocycles. The van der Waals surface area contributed by atoms with E-state index in [0.29, 0.717) is 11.8 Å². The Morgan fingerprint density at radius 1 is 1.20 bits per heavy atom. The van der Waals surface area contributed by atoms with Crippen molar-refractivity contribution >= 4 is 5.97 Å². The highest BCUT2D eigenvalue weighted by Crippen LogP contribution is 2.70. The van der Waals surface area contributed by atoms with E-state index in [-0.39, 0.29) is 24.3 Å². The molecule has 3 unspecified atom stereocenters. The van der Waals surface area contributed by atoms with Crippen LogP contribution in [0.5, 0.6) is 5.75 Å². The van der Waals surface area contributed by atoms with Gasteiger partial charge in [-0.3, -0.25) is 19.1 Å². The van der Waals surface area contributed by atoms with Gasteiger partial charge in [-0.25, -0.2) is 4.79 Å². The van der Waals surface area contributed by atoms with Gasteiger partial charge in [-0.1, -0.05) is 57.5 Å². The Morgan fingerprint density at radius 2 is 1.93 bits per heavy atom. The molecule has 0 bridgehead atoms. The van der Waals surface area contributed by atoms with Crippen molar-refractivity contribution in [2.45, 2.75) is 58.8 Å². The standard InChI is InChI=1S/C23H28N2O5/c1-15-9-10-18-22(2,3)23(18,11-15)30-17-12-25(21(28)24-20(17)27)13-19(26)29-14-16-7-5-4-6-8-16/h4-8,12,15,18H,9-11,13-14H2,1-3H3,(H,24,27,28). The Morgan fingerprint density at radius 3 is 2.67 bits per heavy atom. The molecule has 2 saturated carbocycles. The fourth-order valence-corrected chi connectivity index (χ4v) is 5.04. The summed E-state index contributed by atoms with van der Waals surface area (Å²) < 4.78 is 12.7. The Labute approximate surface area is 175 Å². The number of esters is 1. The van der Waals surface area contributed by atoms with Crippen molar-refractivity contribution in [3.8, 4) is 5.75 Å². The second kappa shape index (κ2) is 7.45. The fraction of sp³-hybridized carbons (Fsp3) is 0.522. The number of hydrogen-bond acceptors (Lipinski definition) is 5. The average molecular weight is 412 g/mol. The number of ether oxygens (including phenoxy) is 2. The number of hydrogen-bond donors (Lipinski definition) is 1. The van der Waals surface area contributed by atoms with Crippen molar-refractivity contribution in [3.63, 3.8) is 0 Å². The second-order valence-corrected chi connectivity index (χ2v) is 9.18. The Balaban J connectivity index is 1.50. The zero-order valence-electron chi connectivity index (χ0n) is 17.6. The quantitative estimate of drug-likeness (QED) is 0.737. The number of fused-ring (bicyclic) bond motifs is 1. The van der Waals surface area contributed by atoms with Gasteiger partial charge in [0.05, 0.1) is 6.20 Å². The predicted octanol–water partition coefficient (Wildman–Crippen LogP) is 2.87. The van der Waals surface area contributed by atoms with Crippen molar-refractivity contribution in [2.24, 2.45) is 17.3 Å². The number of benzene rings is 1. The van der Waals surface area contributed by atoms with Crippen molar-refractivity contribution < 1.29 is 14.3 Å². The van der Waals surface area contributed by atoms with Crippen molar-refractivity contribution in [1.29, 1.82) is 0 Å². The van der Waals surface area contributed by atoms with E-state index in [2.05, 4.69) is 25.8 Å². The highest BCUT2D eigenvalue weighted by atomic mass is 16.5. The maximum Gasteiger partial charge on any atom is 0.329 e. The van der Waals surface area contributed by atoms with Crippen molar-refractivity contribution in [3.05, 3.63) is 62.9 Å². The molecule has 160 valence electrons. The van der Waals surface area contributed by atoms with Crippen LogP contribution >= 0.6 is 0 Å². The number of aromatic nitrogens is 2. The van der Waals surface area contributed by atoms with Crippen LogP contribution in [-0.4, -0.2) is 21.1 Å². The van der Waals surface area contributed by atoms with E-state index in [0.717, 1.165) is 29.4 Å². The number of rotatable bonds is 6. The third-order valence-electron chi connectivity index (χ3n) is 6.85. The van der Waals surface area contributed by atoms with E-state index in [1.54, 1.807) is 0 Å². The van der Waals surface area contributed by atoms with E-state index < -0.39 is 22.8 Å². The van der Waals surface area contributed by atoms with Gasteiger partial charge in [0.1, 0.15) is 18.8 Å². The lowest BCUT2D eigenvalue weighted by atomic mass is 9.88. The maximum absolute atomic E-state index is 12.4. The lowest BCUT2D eigenvalue weighted by molar-refractivity contribution is -0.145. The molecule has 0 spiro atoms. The Bertz CT molecular complexity index is 1060. The zero-order valence-corrected chi connectivity index (χ0v) is 17.6. The van der Waals surface area contributed by atoms with Crippen LogP contribution in [0.15, 0.2) is 46.1 Å². The summed E-state index contributed by atoms with van der Waals surface area (Å²) in [6.07, 6.45) is 4.44. The van der Waals surface area contributed by atoms with Gasteiger partial charge in [-0.05, 0) is 24.3 Å². The predicted molar refractivity (Wildman–Crippen MR) is 111 cm³/mol. The van der Waals surface area contributed by atoms with E-state index in [1.807, 2.05) is 30.3 Å². The molecular formula is C23H28N2O5. The summed E-state index contributed by atoms with van der Waals surface area (Å²) in [4.78, 5) is 39.1. The molecule has 2 aliphatic rings. The first-order valence-electron chi connectivity index (χ1n) is 10.5. The summed E-state index contributed by atoms with van der Waals surface area (Å²) >= 11 is 0. The molecule has 1 aromatic heterocycles. The first-order valence-corrected chi connectivity index (χ1v) is 10.5. The molecule has 4 rings (SSSR count). The van der Waals surface area contributed by atoms with Crippen LogP contribution in [0, 0.1) is 17.3 Å². The highest BCUT2D eigenvalue weighted by molar-refractivity contribution is 5.69. The van der Waals surface area contributed by atoms with Crippen LogP contribution in [0.4, 0.5) is 0 Å². The van der Waals surface area contributed by atoms with Gasteiger partial charge in [-0.15, -0.1) is 0 Å². The van der Waals surface area contributed by atoms with E-state index >= 15 is 0 Å². The second-order valence-electron chi connectivity index (χ2n) is 9.18. The molecular weight excluding hydrogens is 384 g/mol. The van der Waals surface area contributed by atoms with Gasteiger partial charge in [-0.2, -0.15) is 0 Å². The van der Waals surface area contributed by atoms with Gasteiger partial charge in [0.15, 0.2) is 0 Å². The highest BCUT2D eigenvalue weighted by Gasteiger charge is 2.74. The van der Waals surface area contributed by atoms with Gasteiger partial charge >= 0.3 is 11.7 Å². The minimum atomic E-state index is -0.662. The molecule has 1 aromatic carbocycles. The summed E-state index contributed by atoms with van der Waals surface area (Å²) in [6.45, 7) is 6.36. The van der Waals surface area contributed by atoms with E-state index in [9.17, 15) is 14.4 Å². The number of H-pyrrole nitrogens is 1. The Hall–Kier alpha value is -2.83. The molecule has 2 aromatic rings. The number of aromatic amines is 1. The smallest absolute Gasteiger partial charge is 0.329 e. The van der Waals surface area contributed by atoms with Gasteiger partial charge < -0.3 is 9.47 Å². The van der Waals surface area contributed by atoms with E-state index in [4.69, 9.17) is 9.47 Å². The molecule has 0 saturated heterocycles. The minimum absolute atomic E-state index is 0.0280. The molecule has 3 atom stereocenters. The first kappa shape index (κ1) is 20.4. The number of nitrogens with one attached hydrogen (secondary N) is 1. The molecule has 1 N–H and O–H groups in total. The summed E-state index contributed by atoms with van der Waals surface area (Å²) in [5.74, 6) is 0.418. The molecule has 0 amide bonds. The maximum atomic E-state index is 12.4. The van der Waals surface area contributed by atoms with Gasteiger partial charge in [0.25, 0.3) is 5.56 Å². The molecule has 7 nitrogen and oxygen atoms in total. The van der Waals surface area contributed by atoms with E-state index in [1.165, 1.54) is 6.20 Å². The van der Waals surface area contributed by atoms with Gasteiger partial charge in [0.2, 0.25) is 5.75 Å². The lowest BCUT2D eigenvalue weighted by Crippen LogP contribution is -2.37. The number of nitrogens with zero attached hydrogens (tertiary/aromatic N) is 1. The summed E-state index contributed by atoms with van der Waals surface area (Å²) in [6, 6.07) is 9.30. The van der Waals surface area contributed by atoms with Crippen molar-refractivity contribution in [1.82, 2.24) is 9.55 Å². The van der Waals surface area contributed by atoms with Crippen LogP contribution in [0.2, 0.25) is 0 Å². The number of carbonyl (C=O) groups excluding carboxylic acids is 1. The van der Waals surface area contributed by atoms with Crippen molar-refractivity contribution in [2.75, 3.05) is 0 Å². The van der Waals surface area contributed by atoms with Crippen LogP contribution in [0.25, 0.3) is 0 Å².